The molecular weight excluding hydrogens is 450 g/mol. The second-order valence-electron chi connectivity index (χ2n) is 6.74. The van der Waals surface area contributed by atoms with Crippen molar-refractivity contribution in [3.05, 3.63) is 82.9 Å². The number of nitrogens with one attached hydrogen (secondary N) is 1. The van der Waals surface area contributed by atoms with E-state index in [0.717, 1.165) is 16.8 Å². The summed E-state index contributed by atoms with van der Waals surface area (Å²) in [7, 11) is 0. The van der Waals surface area contributed by atoms with Gasteiger partial charge in [-0.15, -0.1) is 0 Å². The molecule has 0 spiro atoms. The molecule has 0 bridgehead atoms. The maximum atomic E-state index is 12.7. The quantitative estimate of drug-likeness (QED) is 0.392. The van der Waals surface area contributed by atoms with Crippen molar-refractivity contribution in [2.45, 2.75) is 13.0 Å². The van der Waals surface area contributed by atoms with Crippen molar-refractivity contribution in [2.75, 3.05) is 5.32 Å². The van der Waals surface area contributed by atoms with Crippen molar-refractivity contribution in [3.63, 3.8) is 0 Å². The predicted molar refractivity (Wildman–Crippen MR) is 119 cm³/mol. The molecule has 3 aromatic rings. The first-order chi connectivity index (χ1) is 14.3. The van der Waals surface area contributed by atoms with Gasteiger partial charge < -0.3 is 14.9 Å². The Bertz CT molecular complexity index is 1110. The zero-order valence-corrected chi connectivity index (χ0v) is 17.7. The van der Waals surface area contributed by atoms with Crippen LogP contribution in [-0.4, -0.2) is 22.3 Å². The van der Waals surface area contributed by atoms with Gasteiger partial charge in [-0.1, -0.05) is 65.3 Å². The summed E-state index contributed by atoms with van der Waals surface area (Å²) in [6.07, 6.45) is 0.774. The number of carbonyl (C=O) groups excluding carboxylic acids is 1. The van der Waals surface area contributed by atoms with Crippen LogP contribution < -0.4 is 5.32 Å². The molecule has 3 aromatic carbocycles. The second kappa shape index (κ2) is 9.45. The normalized spacial score (nSPS) is 13.1. The summed E-state index contributed by atoms with van der Waals surface area (Å²) in [5.41, 5.74) is 0.948. The average molecular weight is 470 g/mol. The van der Waals surface area contributed by atoms with E-state index in [9.17, 15) is 14.7 Å². The molecule has 0 unspecified atom stereocenters. The third kappa shape index (κ3) is 5.18. The van der Waals surface area contributed by atoms with E-state index in [2.05, 4.69) is 21.2 Å². The molecule has 0 fully saturated rings. The number of halogens is 1. The van der Waals surface area contributed by atoms with E-state index in [1.165, 1.54) is 12.1 Å². The van der Waals surface area contributed by atoms with E-state index in [0.29, 0.717) is 15.7 Å². The highest BCUT2D eigenvalue weighted by molar-refractivity contribution is 9.10. The van der Waals surface area contributed by atoms with Gasteiger partial charge in [0, 0.05) is 27.4 Å². The fourth-order valence-corrected chi connectivity index (χ4v) is 3.51. The Morgan fingerprint density at radius 1 is 1.10 bits per heavy atom. The molecular formula is C23H20BrNO5. The number of phenols is 1. The number of aliphatic carboxylic acids is 1. The Kier molecular flexibility index (Phi) is 6.74. The summed E-state index contributed by atoms with van der Waals surface area (Å²) in [6, 6.07) is 17.9. The van der Waals surface area contributed by atoms with Gasteiger partial charge in [0.2, 0.25) is 0 Å². The minimum absolute atomic E-state index is 0.0586. The van der Waals surface area contributed by atoms with Crippen molar-refractivity contribution in [1.82, 2.24) is 0 Å². The van der Waals surface area contributed by atoms with Gasteiger partial charge >= 0.3 is 12.1 Å². The molecule has 2 atom stereocenters. The lowest BCUT2D eigenvalue weighted by molar-refractivity contribution is -0.131. The number of carboxylic acids is 1. The van der Waals surface area contributed by atoms with Crippen LogP contribution in [0.15, 0.2) is 77.3 Å². The Labute approximate surface area is 181 Å². The fraction of sp³-hybridized carbons (Fsp3) is 0.130. The Morgan fingerprint density at radius 2 is 1.83 bits per heavy atom. The number of ether oxygens (including phenoxy) is 1. The molecule has 1 amide bonds. The maximum absolute atomic E-state index is 12.7. The molecule has 3 N–H and O–H groups in total. The van der Waals surface area contributed by atoms with E-state index in [1.807, 2.05) is 36.4 Å². The molecule has 3 rings (SSSR count). The molecule has 0 saturated heterocycles. The number of carbonyl (C=O) groups is 2. The molecule has 0 aliphatic carbocycles. The fourth-order valence-electron chi connectivity index (χ4n) is 3.13. The van der Waals surface area contributed by atoms with Crippen LogP contribution in [0.5, 0.6) is 5.75 Å². The van der Waals surface area contributed by atoms with Crippen molar-refractivity contribution in [1.29, 1.82) is 0 Å². The van der Waals surface area contributed by atoms with Crippen molar-refractivity contribution >= 4 is 44.5 Å². The molecule has 7 heteroatoms. The van der Waals surface area contributed by atoms with Crippen molar-refractivity contribution < 1.29 is 24.5 Å². The molecule has 154 valence electrons. The lowest BCUT2D eigenvalue weighted by Crippen LogP contribution is -2.21. The summed E-state index contributed by atoms with van der Waals surface area (Å²) in [5.74, 6) is -1.68. The molecule has 0 aromatic heterocycles. The summed E-state index contributed by atoms with van der Waals surface area (Å²) >= 11 is 3.34. The molecule has 0 radical (unpaired) electrons. The number of fused-ring (bicyclic) bond motifs is 1. The van der Waals surface area contributed by atoms with Gasteiger partial charge in [-0.3, -0.25) is 5.32 Å². The Hall–Kier alpha value is -3.32. The monoisotopic (exact) mass is 469 g/mol. The molecule has 6 nitrogen and oxygen atoms in total. The number of anilines is 1. The summed E-state index contributed by atoms with van der Waals surface area (Å²) in [6.45, 7) is 1.70. The summed E-state index contributed by atoms with van der Waals surface area (Å²) in [5, 5.41) is 23.8. The van der Waals surface area contributed by atoms with Crippen LogP contribution in [0.4, 0.5) is 10.5 Å². The highest BCUT2D eigenvalue weighted by Crippen LogP contribution is 2.35. The predicted octanol–water partition coefficient (Wildman–Crippen LogP) is 5.87. The third-order valence-electron chi connectivity index (χ3n) is 4.58. The van der Waals surface area contributed by atoms with E-state index in [1.54, 1.807) is 25.1 Å². The van der Waals surface area contributed by atoms with Crippen molar-refractivity contribution in [3.8, 4) is 5.75 Å². The van der Waals surface area contributed by atoms with Crippen LogP contribution in [0.25, 0.3) is 10.8 Å². The number of phenolic OH excluding ortho intramolecular Hbond substituents is 1. The van der Waals surface area contributed by atoms with Crippen LogP contribution in [0.3, 0.4) is 0 Å². The number of hydrogen-bond acceptors (Lipinski definition) is 4. The number of hydrogen-bond donors (Lipinski definition) is 3. The summed E-state index contributed by atoms with van der Waals surface area (Å²) in [4.78, 5) is 23.6. The molecule has 0 heterocycles. The van der Waals surface area contributed by atoms with Gasteiger partial charge in [-0.25, -0.2) is 9.59 Å². The van der Waals surface area contributed by atoms with E-state index >= 15 is 0 Å². The number of carboxylic acid groups (broad SMARTS) is 1. The van der Waals surface area contributed by atoms with Crippen LogP contribution in [0.1, 0.15) is 18.6 Å². The second-order valence-corrected chi connectivity index (χ2v) is 7.65. The topological polar surface area (TPSA) is 95.9 Å². The number of amides is 1. The van der Waals surface area contributed by atoms with Gasteiger partial charge in [0.15, 0.2) is 0 Å². The molecule has 0 aliphatic rings. The standard InChI is InChI=1S/C23H20BrNO5/c1-14(9-12-21(27)28)22(18-13-16(24)10-11-20(18)26)30-23(29)25-19-8-4-6-15-5-2-3-7-17(15)19/h2-14,22,26H,1H3,(H,25,29)(H,27,28)/b12-9+/t14-,22-/m1/s1. The first-order valence-electron chi connectivity index (χ1n) is 9.20. The zero-order valence-electron chi connectivity index (χ0n) is 16.1. The smallest absolute Gasteiger partial charge is 0.412 e. The van der Waals surface area contributed by atoms with Crippen LogP contribution in [-0.2, 0) is 9.53 Å². The first kappa shape index (κ1) is 21.4. The lowest BCUT2D eigenvalue weighted by atomic mass is 9.96. The van der Waals surface area contributed by atoms with Gasteiger partial charge in [0.1, 0.15) is 11.9 Å². The molecule has 0 saturated carbocycles. The van der Waals surface area contributed by atoms with Crippen molar-refractivity contribution in [2.24, 2.45) is 5.92 Å². The summed E-state index contributed by atoms with van der Waals surface area (Å²) < 4.78 is 6.33. The minimum Gasteiger partial charge on any atom is -0.508 e. The highest BCUT2D eigenvalue weighted by Gasteiger charge is 2.25. The maximum Gasteiger partial charge on any atom is 0.412 e. The first-order valence-corrected chi connectivity index (χ1v) is 9.99. The largest absolute Gasteiger partial charge is 0.508 e. The SMILES string of the molecule is C[C@H](/C=C/C(=O)O)[C@@H](OC(=O)Nc1cccc2ccccc12)c1cc(Br)ccc1O. The zero-order chi connectivity index (χ0) is 21.7. The minimum atomic E-state index is -1.11. The lowest BCUT2D eigenvalue weighted by Gasteiger charge is -2.24. The van der Waals surface area contributed by atoms with E-state index < -0.39 is 24.1 Å². The molecule has 0 aliphatic heterocycles. The molecule has 30 heavy (non-hydrogen) atoms. The van der Waals surface area contributed by atoms with Crippen LogP contribution in [0.2, 0.25) is 0 Å². The van der Waals surface area contributed by atoms with Gasteiger partial charge in [-0.05, 0) is 29.7 Å². The highest BCUT2D eigenvalue weighted by atomic mass is 79.9. The Balaban J connectivity index is 1.89. The van der Waals surface area contributed by atoms with E-state index in [-0.39, 0.29) is 5.75 Å². The van der Waals surface area contributed by atoms with E-state index in [4.69, 9.17) is 9.84 Å². The van der Waals surface area contributed by atoms with Crippen LogP contribution >= 0.6 is 15.9 Å². The third-order valence-corrected chi connectivity index (χ3v) is 5.07. The van der Waals surface area contributed by atoms with Gasteiger partial charge in [0.05, 0.1) is 5.69 Å². The van der Waals surface area contributed by atoms with Gasteiger partial charge in [-0.2, -0.15) is 0 Å². The number of benzene rings is 3. The average Bonchev–Trinajstić information content (AvgIpc) is 2.72. The number of aromatic hydroxyl groups is 1. The Morgan fingerprint density at radius 3 is 2.60 bits per heavy atom. The van der Waals surface area contributed by atoms with Crippen LogP contribution in [0, 0.1) is 5.92 Å². The van der Waals surface area contributed by atoms with Gasteiger partial charge in [0.25, 0.3) is 0 Å². The number of rotatable bonds is 6.